The van der Waals surface area contributed by atoms with E-state index >= 15 is 0 Å². The largest absolute Gasteiger partial charge is 0.494 e. The fourth-order valence-electron chi connectivity index (χ4n) is 3.96. The molecular weight excluding hydrogens is 526 g/mol. The van der Waals surface area contributed by atoms with Gasteiger partial charge in [0, 0.05) is 44.0 Å². The van der Waals surface area contributed by atoms with Crippen LogP contribution in [0.5, 0.6) is 5.75 Å². The molecule has 206 valence electrons. The molecule has 39 heavy (non-hydrogen) atoms. The molecule has 1 amide bonds. The molecule has 0 radical (unpaired) electrons. The summed E-state index contributed by atoms with van der Waals surface area (Å²) in [5.41, 5.74) is 1.17. The molecule has 2 heterocycles. The van der Waals surface area contributed by atoms with E-state index < -0.39 is 10.5 Å². The maximum Gasteiger partial charge on any atom is 0.410 e. The highest BCUT2D eigenvalue weighted by Gasteiger charge is 2.26. The SMILES string of the molecule is COc1cc(N2CCN(C(=O)OC(C)(C)C)CC2)ccc1Nc1ncc(Cl)c(Nc2ccccc2[N+](=O)[O-])n1. The number of ether oxygens (including phenoxy) is 2. The van der Waals surface area contributed by atoms with Crippen LogP contribution in [-0.4, -0.2) is 64.8 Å². The van der Waals surface area contributed by atoms with Crippen LogP contribution in [-0.2, 0) is 4.74 Å². The lowest BCUT2D eigenvalue weighted by Crippen LogP contribution is -2.50. The summed E-state index contributed by atoms with van der Waals surface area (Å²) in [6.45, 7) is 7.95. The van der Waals surface area contributed by atoms with Crippen LogP contribution >= 0.6 is 11.6 Å². The Hall–Kier alpha value is -4.32. The van der Waals surface area contributed by atoms with E-state index in [4.69, 9.17) is 21.1 Å². The van der Waals surface area contributed by atoms with E-state index in [0.29, 0.717) is 37.6 Å². The number of hydrogen-bond donors (Lipinski definition) is 2. The number of amides is 1. The van der Waals surface area contributed by atoms with Crippen molar-refractivity contribution >= 4 is 52.2 Å². The summed E-state index contributed by atoms with van der Waals surface area (Å²) >= 11 is 6.26. The number of hydrogen-bond acceptors (Lipinski definition) is 10. The summed E-state index contributed by atoms with van der Waals surface area (Å²) in [4.78, 5) is 35.8. The second-order valence-corrected chi connectivity index (χ2v) is 10.2. The van der Waals surface area contributed by atoms with Crippen molar-refractivity contribution in [3.63, 3.8) is 0 Å². The number of carbonyl (C=O) groups is 1. The van der Waals surface area contributed by atoms with E-state index in [2.05, 4.69) is 25.5 Å². The fraction of sp³-hybridized carbons (Fsp3) is 0.346. The van der Waals surface area contributed by atoms with Gasteiger partial charge in [-0.15, -0.1) is 0 Å². The normalized spacial score (nSPS) is 13.6. The molecule has 1 fully saturated rings. The van der Waals surface area contributed by atoms with Crippen molar-refractivity contribution in [2.75, 3.05) is 48.8 Å². The number of benzene rings is 2. The van der Waals surface area contributed by atoms with Gasteiger partial charge in [-0.3, -0.25) is 10.1 Å². The summed E-state index contributed by atoms with van der Waals surface area (Å²) < 4.78 is 11.1. The van der Waals surface area contributed by atoms with Crippen LogP contribution in [0, 0.1) is 10.1 Å². The minimum absolute atomic E-state index is 0.106. The van der Waals surface area contributed by atoms with Gasteiger partial charge < -0.3 is 29.9 Å². The number of aromatic nitrogens is 2. The van der Waals surface area contributed by atoms with Gasteiger partial charge in [-0.05, 0) is 39.0 Å². The van der Waals surface area contributed by atoms with Crippen molar-refractivity contribution in [2.45, 2.75) is 26.4 Å². The molecule has 2 N–H and O–H groups in total. The third kappa shape index (κ3) is 6.96. The van der Waals surface area contributed by atoms with Crippen molar-refractivity contribution in [3.8, 4) is 5.75 Å². The standard InChI is InChI=1S/C26H30ClN7O5/c1-26(2,3)39-25(35)33-13-11-32(12-14-33)17-9-10-20(22(15-17)38-4)30-24-28-16-18(27)23(31-24)29-19-7-5-6-8-21(19)34(36)37/h5-10,15-16H,11-14H2,1-4H3,(H2,28,29,30,31). The Morgan fingerprint density at radius 3 is 2.46 bits per heavy atom. The third-order valence-electron chi connectivity index (χ3n) is 5.83. The predicted molar refractivity (Wildman–Crippen MR) is 150 cm³/mol. The van der Waals surface area contributed by atoms with E-state index in [1.54, 1.807) is 30.2 Å². The van der Waals surface area contributed by atoms with Crippen LogP contribution in [0.2, 0.25) is 5.02 Å². The Balaban J connectivity index is 1.46. The number of carbonyl (C=O) groups excluding carboxylic acids is 1. The van der Waals surface area contributed by atoms with Crippen molar-refractivity contribution in [2.24, 2.45) is 0 Å². The topological polar surface area (TPSA) is 135 Å². The number of nitro groups is 1. The molecule has 12 nitrogen and oxygen atoms in total. The summed E-state index contributed by atoms with van der Waals surface area (Å²) in [6, 6.07) is 11.9. The minimum atomic E-state index is -0.533. The highest BCUT2D eigenvalue weighted by molar-refractivity contribution is 6.33. The Kier molecular flexibility index (Phi) is 8.24. The molecule has 0 atom stereocenters. The van der Waals surface area contributed by atoms with Crippen LogP contribution < -0.4 is 20.3 Å². The molecule has 0 unspecified atom stereocenters. The van der Waals surface area contributed by atoms with Gasteiger partial charge in [-0.1, -0.05) is 23.7 Å². The van der Waals surface area contributed by atoms with Crippen LogP contribution in [0.3, 0.4) is 0 Å². The number of methoxy groups -OCH3 is 1. The number of nitrogens with one attached hydrogen (secondary N) is 2. The average molecular weight is 556 g/mol. The lowest BCUT2D eigenvalue weighted by molar-refractivity contribution is -0.383. The molecule has 2 aromatic carbocycles. The molecule has 1 aliphatic rings. The number of nitrogens with zero attached hydrogens (tertiary/aromatic N) is 5. The highest BCUT2D eigenvalue weighted by Crippen LogP contribution is 2.34. The Morgan fingerprint density at radius 2 is 1.79 bits per heavy atom. The number of halogens is 1. The van der Waals surface area contributed by atoms with Gasteiger partial charge in [0.1, 0.15) is 22.1 Å². The summed E-state index contributed by atoms with van der Waals surface area (Å²) in [5.74, 6) is 0.994. The molecule has 0 spiro atoms. The van der Waals surface area contributed by atoms with Crippen molar-refractivity contribution in [1.82, 2.24) is 14.9 Å². The first-order valence-corrected chi connectivity index (χ1v) is 12.6. The monoisotopic (exact) mass is 555 g/mol. The molecule has 1 aromatic heterocycles. The smallest absolute Gasteiger partial charge is 0.410 e. The van der Waals surface area contributed by atoms with Gasteiger partial charge in [0.2, 0.25) is 5.95 Å². The average Bonchev–Trinajstić information content (AvgIpc) is 2.90. The quantitative estimate of drug-likeness (QED) is 0.280. The number of piperazine rings is 1. The van der Waals surface area contributed by atoms with Crippen LogP contribution in [0.15, 0.2) is 48.7 Å². The summed E-state index contributed by atoms with van der Waals surface area (Å²) in [5, 5.41) is 17.6. The Labute approximate surface area is 231 Å². The lowest BCUT2D eigenvalue weighted by Gasteiger charge is -2.37. The molecule has 0 bridgehead atoms. The molecule has 4 rings (SSSR count). The van der Waals surface area contributed by atoms with Crippen LogP contribution in [0.1, 0.15) is 20.8 Å². The zero-order valence-corrected chi connectivity index (χ0v) is 22.9. The lowest BCUT2D eigenvalue weighted by atomic mass is 10.2. The van der Waals surface area contributed by atoms with Gasteiger partial charge in [0.05, 0.1) is 23.9 Å². The second-order valence-electron chi connectivity index (χ2n) is 9.75. The summed E-state index contributed by atoms with van der Waals surface area (Å²) in [7, 11) is 1.56. The molecule has 1 aliphatic heterocycles. The van der Waals surface area contributed by atoms with Crippen molar-refractivity contribution in [3.05, 3.63) is 63.8 Å². The molecule has 1 saturated heterocycles. The van der Waals surface area contributed by atoms with E-state index in [1.807, 2.05) is 39.0 Å². The number of rotatable bonds is 7. The van der Waals surface area contributed by atoms with Gasteiger partial charge in [-0.2, -0.15) is 4.98 Å². The number of anilines is 5. The van der Waals surface area contributed by atoms with Gasteiger partial charge in [0.15, 0.2) is 5.82 Å². The van der Waals surface area contributed by atoms with Gasteiger partial charge >= 0.3 is 6.09 Å². The highest BCUT2D eigenvalue weighted by atomic mass is 35.5. The molecule has 0 saturated carbocycles. The van der Waals surface area contributed by atoms with Gasteiger partial charge in [0.25, 0.3) is 5.69 Å². The first kappa shape index (κ1) is 27.7. The minimum Gasteiger partial charge on any atom is -0.494 e. The molecule has 13 heteroatoms. The molecule has 3 aromatic rings. The van der Waals surface area contributed by atoms with E-state index in [9.17, 15) is 14.9 Å². The maximum absolute atomic E-state index is 12.4. The summed E-state index contributed by atoms with van der Waals surface area (Å²) in [6.07, 6.45) is 1.09. The zero-order valence-electron chi connectivity index (χ0n) is 22.1. The molecule has 0 aliphatic carbocycles. The van der Waals surface area contributed by atoms with Crippen LogP contribution in [0.25, 0.3) is 0 Å². The Morgan fingerprint density at radius 1 is 1.08 bits per heavy atom. The maximum atomic E-state index is 12.4. The van der Waals surface area contributed by atoms with Crippen molar-refractivity contribution in [1.29, 1.82) is 0 Å². The first-order chi connectivity index (χ1) is 18.5. The second kappa shape index (κ2) is 11.6. The van der Waals surface area contributed by atoms with E-state index in [0.717, 1.165) is 5.69 Å². The van der Waals surface area contributed by atoms with E-state index in [-0.39, 0.29) is 34.3 Å². The zero-order chi connectivity index (χ0) is 28.2. The van der Waals surface area contributed by atoms with E-state index in [1.165, 1.54) is 12.3 Å². The predicted octanol–water partition coefficient (Wildman–Crippen LogP) is 5.59. The van der Waals surface area contributed by atoms with Crippen LogP contribution in [0.4, 0.5) is 39.3 Å². The third-order valence-corrected chi connectivity index (χ3v) is 6.10. The Bertz CT molecular complexity index is 1360. The number of nitro benzene ring substituents is 1. The number of para-hydroxylation sites is 2. The molecular formula is C26H30ClN7O5. The van der Waals surface area contributed by atoms with Gasteiger partial charge in [-0.25, -0.2) is 9.78 Å². The fourth-order valence-corrected chi connectivity index (χ4v) is 4.09. The first-order valence-electron chi connectivity index (χ1n) is 12.2. The van der Waals surface area contributed by atoms with Crippen molar-refractivity contribution < 1.29 is 19.2 Å².